The van der Waals surface area contributed by atoms with Gasteiger partial charge in [-0.3, -0.25) is 0 Å². The topological polar surface area (TPSA) is 58.3 Å². The second-order valence-corrected chi connectivity index (χ2v) is 6.31. The maximum absolute atomic E-state index is 12.9. The molecule has 0 aliphatic carbocycles. The molecule has 0 fully saturated rings. The lowest BCUT2D eigenvalue weighted by molar-refractivity contribution is -0.146. The molecule has 136 valence electrons. The molecule has 0 amide bonds. The van der Waals surface area contributed by atoms with Crippen molar-refractivity contribution in [3.8, 4) is 0 Å². The molecule has 3 aromatic rings. The van der Waals surface area contributed by atoms with Crippen LogP contribution in [-0.2, 0) is 12.6 Å². The third-order valence-corrected chi connectivity index (χ3v) is 4.52. The van der Waals surface area contributed by atoms with Crippen molar-refractivity contribution >= 4 is 17.2 Å². The van der Waals surface area contributed by atoms with E-state index in [1.807, 2.05) is 12.1 Å². The van der Waals surface area contributed by atoms with Gasteiger partial charge in [0.1, 0.15) is 5.82 Å². The minimum atomic E-state index is -4.60. The van der Waals surface area contributed by atoms with Gasteiger partial charge in [-0.15, -0.1) is 15.3 Å². The van der Waals surface area contributed by atoms with Gasteiger partial charge in [0.05, 0.1) is 0 Å². The zero-order chi connectivity index (χ0) is 18.3. The standard InChI is InChI=1S/C17H17F3N6/c1-11-10-12-4-2-3-5-13(12)25(11)9-8-21-14-6-7-15-22-23-16(17(18,19)20)26(15)24-14/h2-7,11H,8-10H2,1H3,(H,21,24). The van der Waals surface area contributed by atoms with Crippen molar-refractivity contribution in [2.24, 2.45) is 0 Å². The molecule has 4 rings (SSSR count). The quantitative estimate of drug-likeness (QED) is 0.773. The molecule has 1 atom stereocenters. The maximum atomic E-state index is 12.9. The minimum Gasteiger partial charge on any atom is -0.367 e. The predicted molar refractivity (Wildman–Crippen MR) is 91.2 cm³/mol. The van der Waals surface area contributed by atoms with E-state index in [2.05, 4.69) is 44.6 Å². The summed E-state index contributed by atoms with van der Waals surface area (Å²) in [5, 5.41) is 13.7. The van der Waals surface area contributed by atoms with Gasteiger partial charge in [0.25, 0.3) is 5.82 Å². The molecule has 6 nitrogen and oxygen atoms in total. The molecule has 0 bridgehead atoms. The summed E-state index contributed by atoms with van der Waals surface area (Å²) >= 11 is 0. The molecule has 3 heterocycles. The van der Waals surface area contributed by atoms with Gasteiger partial charge in [0.15, 0.2) is 5.65 Å². The van der Waals surface area contributed by atoms with E-state index in [0.29, 0.717) is 18.4 Å². The number of anilines is 2. The van der Waals surface area contributed by atoms with E-state index >= 15 is 0 Å². The average molecular weight is 362 g/mol. The fourth-order valence-electron chi connectivity index (χ4n) is 3.33. The lowest BCUT2D eigenvalue weighted by Gasteiger charge is -2.25. The number of rotatable bonds is 4. The van der Waals surface area contributed by atoms with Crippen LogP contribution in [0.2, 0.25) is 0 Å². The Labute approximate surface area is 147 Å². The average Bonchev–Trinajstić information content (AvgIpc) is 3.15. The molecule has 1 aliphatic heterocycles. The van der Waals surface area contributed by atoms with E-state index in [9.17, 15) is 13.2 Å². The van der Waals surface area contributed by atoms with Crippen LogP contribution >= 0.6 is 0 Å². The van der Waals surface area contributed by atoms with Gasteiger partial charge < -0.3 is 10.2 Å². The Hall–Kier alpha value is -2.84. The summed E-state index contributed by atoms with van der Waals surface area (Å²) in [6.45, 7) is 3.45. The molecule has 1 N–H and O–H groups in total. The number of nitrogens with one attached hydrogen (secondary N) is 1. The minimum absolute atomic E-state index is 0.0602. The zero-order valence-electron chi connectivity index (χ0n) is 14.0. The number of hydrogen-bond donors (Lipinski definition) is 1. The lowest BCUT2D eigenvalue weighted by Crippen LogP contribution is -2.33. The lowest BCUT2D eigenvalue weighted by atomic mass is 10.1. The third-order valence-electron chi connectivity index (χ3n) is 4.52. The molecule has 0 saturated heterocycles. The van der Waals surface area contributed by atoms with Crippen LogP contribution in [0.1, 0.15) is 18.3 Å². The van der Waals surface area contributed by atoms with E-state index in [1.54, 1.807) is 6.07 Å². The second kappa shape index (κ2) is 6.15. The van der Waals surface area contributed by atoms with E-state index in [0.717, 1.165) is 17.5 Å². The molecule has 1 aliphatic rings. The SMILES string of the molecule is CC1Cc2ccccc2N1CCNc1ccc2nnc(C(F)(F)F)n2n1. The molecule has 0 saturated carbocycles. The first-order valence-electron chi connectivity index (χ1n) is 8.31. The Kier molecular flexibility index (Phi) is 3.93. The predicted octanol–water partition coefficient (Wildman–Crippen LogP) is 3.01. The highest BCUT2D eigenvalue weighted by Gasteiger charge is 2.37. The molecule has 0 radical (unpaired) electrons. The van der Waals surface area contributed by atoms with Crippen molar-refractivity contribution in [1.29, 1.82) is 0 Å². The molecule has 2 aromatic heterocycles. The fraction of sp³-hybridized carbons (Fsp3) is 0.353. The number of alkyl halides is 3. The van der Waals surface area contributed by atoms with Gasteiger partial charge in [-0.2, -0.15) is 17.7 Å². The van der Waals surface area contributed by atoms with Gasteiger partial charge >= 0.3 is 6.18 Å². The van der Waals surface area contributed by atoms with Crippen molar-refractivity contribution in [3.05, 3.63) is 47.8 Å². The second-order valence-electron chi connectivity index (χ2n) is 6.31. The van der Waals surface area contributed by atoms with Crippen LogP contribution in [0.4, 0.5) is 24.7 Å². The van der Waals surface area contributed by atoms with E-state index in [4.69, 9.17) is 0 Å². The smallest absolute Gasteiger partial charge is 0.367 e. The molecule has 26 heavy (non-hydrogen) atoms. The van der Waals surface area contributed by atoms with Crippen molar-refractivity contribution in [1.82, 2.24) is 19.8 Å². The number of halogens is 3. The van der Waals surface area contributed by atoms with Crippen LogP contribution < -0.4 is 10.2 Å². The Balaban J connectivity index is 1.47. The van der Waals surface area contributed by atoms with Crippen LogP contribution in [0.3, 0.4) is 0 Å². The number of para-hydroxylation sites is 1. The van der Waals surface area contributed by atoms with E-state index < -0.39 is 12.0 Å². The highest BCUT2D eigenvalue weighted by Crippen LogP contribution is 2.31. The maximum Gasteiger partial charge on any atom is 0.453 e. The third kappa shape index (κ3) is 2.93. The first-order valence-corrected chi connectivity index (χ1v) is 8.31. The first-order chi connectivity index (χ1) is 12.4. The van der Waals surface area contributed by atoms with Crippen LogP contribution in [0, 0.1) is 0 Å². The van der Waals surface area contributed by atoms with Crippen molar-refractivity contribution < 1.29 is 13.2 Å². The Morgan fingerprint density at radius 1 is 1.15 bits per heavy atom. The van der Waals surface area contributed by atoms with Crippen LogP contribution in [0.15, 0.2) is 36.4 Å². The largest absolute Gasteiger partial charge is 0.453 e. The number of hydrogen-bond acceptors (Lipinski definition) is 5. The molecule has 9 heteroatoms. The monoisotopic (exact) mass is 362 g/mol. The summed E-state index contributed by atoms with van der Waals surface area (Å²) in [6, 6.07) is 11.7. The molecule has 1 aromatic carbocycles. The molecule has 0 spiro atoms. The summed E-state index contributed by atoms with van der Waals surface area (Å²) in [6.07, 6.45) is -3.60. The van der Waals surface area contributed by atoms with Crippen molar-refractivity contribution in [2.45, 2.75) is 25.6 Å². The number of fused-ring (bicyclic) bond motifs is 2. The van der Waals surface area contributed by atoms with Gasteiger partial charge in [-0.05, 0) is 37.1 Å². The van der Waals surface area contributed by atoms with Gasteiger partial charge in [-0.25, -0.2) is 0 Å². The Morgan fingerprint density at radius 2 is 1.96 bits per heavy atom. The van der Waals surface area contributed by atoms with Gasteiger partial charge in [0, 0.05) is 24.8 Å². The van der Waals surface area contributed by atoms with Crippen LogP contribution in [-0.4, -0.2) is 38.9 Å². The summed E-state index contributed by atoms with van der Waals surface area (Å²) in [4.78, 5) is 2.29. The first kappa shape index (κ1) is 16.6. The van der Waals surface area contributed by atoms with Gasteiger partial charge in [0.2, 0.25) is 0 Å². The summed E-state index contributed by atoms with van der Waals surface area (Å²) in [5.41, 5.74) is 2.59. The van der Waals surface area contributed by atoms with Gasteiger partial charge in [-0.1, -0.05) is 18.2 Å². The number of aromatic nitrogens is 4. The fourth-order valence-corrected chi connectivity index (χ4v) is 3.33. The zero-order valence-corrected chi connectivity index (χ0v) is 14.0. The van der Waals surface area contributed by atoms with E-state index in [-0.39, 0.29) is 5.65 Å². The molecule has 1 unspecified atom stereocenters. The normalized spacial score (nSPS) is 16.9. The van der Waals surface area contributed by atoms with Crippen molar-refractivity contribution in [2.75, 3.05) is 23.3 Å². The van der Waals surface area contributed by atoms with Crippen LogP contribution in [0.5, 0.6) is 0 Å². The van der Waals surface area contributed by atoms with E-state index in [1.165, 1.54) is 17.3 Å². The number of nitrogens with zero attached hydrogens (tertiary/aromatic N) is 5. The molecular formula is C17H17F3N6. The molecular weight excluding hydrogens is 345 g/mol. The van der Waals surface area contributed by atoms with Crippen molar-refractivity contribution in [3.63, 3.8) is 0 Å². The number of benzene rings is 1. The highest BCUT2D eigenvalue weighted by atomic mass is 19.4. The Morgan fingerprint density at radius 3 is 2.77 bits per heavy atom. The highest BCUT2D eigenvalue weighted by molar-refractivity contribution is 5.59. The summed E-state index contributed by atoms with van der Waals surface area (Å²) in [5.74, 6) is -0.777. The Bertz CT molecular complexity index is 936. The summed E-state index contributed by atoms with van der Waals surface area (Å²) < 4.78 is 39.5. The van der Waals surface area contributed by atoms with Crippen LogP contribution in [0.25, 0.3) is 5.65 Å². The summed E-state index contributed by atoms with van der Waals surface area (Å²) in [7, 11) is 0.